The molecular formula is C7H12N2OS. The predicted octanol–water partition coefficient (Wildman–Crippen LogP) is 1.14. The molecule has 0 saturated carbocycles. The molecule has 2 N–H and O–H groups in total. The Morgan fingerprint density at radius 3 is 3.09 bits per heavy atom. The minimum Gasteiger partial charge on any atom is -0.375 e. The number of nitrogens with two attached hydrogens (primary N) is 1. The molecule has 1 rings (SSSR count). The Bertz CT molecular complexity index is 212. The van der Waals surface area contributed by atoms with Crippen LogP contribution in [0.4, 0.5) is 0 Å². The van der Waals surface area contributed by atoms with Gasteiger partial charge in [0.15, 0.2) is 0 Å². The third-order valence-corrected chi connectivity index (χ3v) is 2.23. The molecule has 4 heteroatoms. The number of aromatic nitrogens is 1. The lowest BCUT2D eigenvalue weighted by molar-refractivity contribution is 0.134. The van der Waals surface area contributed by atoms with E-state index in [0.717, 1.165) is 16.5 Å². The van der Waals surface area contributed by atoms with E-state index in [2.05, 4.69) is 4.98 Å². The van der Waals surface area contributed by atoms with Gasteiger partial charge in [-0.3, -0.25) is 0 Å². The zero-order chi connectivity index (χ0) is 8.10. The van der Waals surface area contributed by atoms with Gasteiger partial charge in [-0.25, -0.2) is 4.98 Å². The van der Waals surface area contributed by atoms with Gasteiger partial charge in [-0.2, -0.15) is 0 Å². The summed E-state index contributed by atoms with van der Waals surface area (Å²) in [5, 5.41) is 1.01. The van der Waals surface area contributed by atoms with Crippen molar-refractivity contribution in [3.63, 3.8) is 0 Å². The fraction of sp³-hybridized carbons (Fsp3) is 0.571. The maximum atomic E-state index is 5.42. The van der Waals surface area contributed by atoms with Crippen LogP contribution in [0.5, 0.6) is 0 Å². The number of ether oxygens (including phenoxy) is 1. The molecule has 0 aromatic carbocycles. The molecule has 1 heterocycles. The number of nitrogens with zero attached hydrogens (tertiary/aromatic N) is 1. The monoisotopic (exact) mass is 172 g/mol. The summed E-state index contributed by atoms with van der Waals surface area (Å²) in [6.07, 6.45) is 1.80. The molecule has 62 valence electrons. The molecule has 1 aromatic heterocycles. The fourth-order valence-electron chi connectivity index (χ4n) is 0.698. The molecule has 0 saturated heterocycles. The van der Waals surface area contributed by atoms with Gasteiger partial charge in [-0.05, 0) is 6.92 Å². The van der Waals surface area contributed by atoms with Gasteiger partial charge in [0, 0.05) is 24.2 Å². The van der Waals surface area contributed by atoms with Crippen LogP contribution in [0.2, 0.25) is 0 Å². The normalized spacial score (nSPS) is 10.4. The second-order valence-corrected chi connectivity index (χ2v) is 3.26. The van der Waals surface area contributed by atoms with Crippen LogP contribution in [0.1, 0.15) is 16.8 Å². The lowest BCUT2D eigenvalue weighted by Crippen LogP contribution is -1.91. The molecule has 0 fully saturated rings. The van der Waals surface area contributed by atoms with Crippen LogP contribution in [0.15, 0.2) is 6.20 Å². The van der Waals surface area contributed by atoms with Gasteiger partial charge in [0.05, 0.1) is 6.61 Å². The molecule has 0 atom stereocenters. The molecule has 0 spiro atoms. The van der Waals surface area contributed by atoms with E-state index in [0.29, 0.717) is 13.2 Å². The van der Waals surface area contributed by atoms with E-state index < -0.39 is 0 Å². The molecule has 0 aliphatic rings. The van der Waals surface area contributed by atoms with E-state index in [1.807, 2.05) is 6.92 Å². The predicted molar refractivity (Wildman–Crippen MR) is 45.3 cm³/mol. The molecule has 11 heavy (non-hydrogen) atoms. The van der Waals surface area contributed by atoms with Gasteiger partial charge < -0.3 is 10.5 Å². The Morgan fingerprint density at radius 1 is 1.73 bits per heavy atom. The van der Waals surface area contributed by atoms with Crippen molar-refractivity contribution < 1.29 is 4.74 Å². The van der Waals surface area contributed by atoms with Gasteiger partial charge in [-0.15, -0.1) is 11.3 Å². The van der Waals surface area contributed by atoms with E-state index in [1.165, 1.54) is 0 Å². The molecule has 0 radical (unpaired) electrons. The average molecular weight is 172 g/mol. The molecule has 3 nitrogen and oxygen atoms in total. The smallest absolute Gasteiger partial charge is 0.119 e. The topological polar surface area (TPSA) is 48.1 Å². The molecule has 0 unspecified atom stereocenters. The van der Waals surface area contributed by atoms with Crippen LogP contribution in [-0.2, 0) is 17.9 Å². The SMILES string of the molecule is CCOCc1ncc(CN)s1. The molecular weight excluding hydrogens is 160 g/mol. The first kappa shape index (κ1) is 8.64. The summed E-state index contributed by atoms with van der Waals surface area (Å²) in [5.41, 5.74) is 5.42. The van der Waals surface area contributed by atoms with E-state index in [-0.39, 0.29) is 0 Å². The highest BCUT2D eigenvalue weighted by atomic mass is 32.1. The molecule has 0 amide bonds. The third kappa shape index (κ3) is 2.57. The number of hydrogen-bond acceptors (Lipinski definition) is 4. The van der Waals surface area contributed by atoms with Crippen molar-refractivity contribution in [2.75, 3.05) is 6.61 Å². The fourth-order valence-corrected chi connectivity index (χ4v) is 1.44. The molecule has 0 aliphatic carbocycles. The Balaban J connectivity index is 2.44. The minimum atomic E-state index is 0.573. The van der Waals surface area contributed by atoms with Crippen molar-refractivity contribution >= 4 is 11.3 Å². The highest BCUT2D eigenvalue weighted by Gasteiger charge is 1.98. The molecule has 0 aliphatic heterocycles. The highest BCUT2D eigenvalue weighted by Crippen LogP contribution is 2.12. The van der Waals surface area contributed by atoms with Gasteiger partial charge in [0.2, 0.25) is 0 Å². The maximum absolute atomic E-state index is 5.42. The van der Waals surface area contributed by atoms with Crippen LogP contribution >= 0.6 is 11.3 Å². The van der Waals surface area contributed by atoms with Gasteiger partial charge in [-0.1, -0.05) is 0 Å². The zero-order valence-corrected chi connectivity index (χ0v) is 7.36. The van der Waals surface area contributed by atoms with E-state index in [1.54, 1.807) is 17.5 Å². The molecule has 1 aromatic rings. The number of rotatable bonds is 4. The first-order valence-electron chi connectivity index (χ1n) is 3.58. The lowest BCUT2D eigenvalue weighted by Gasteiger charge is -1.93. The van der Waals surface area contributed by atoms with Crippen molar-refractivity contribution in [3.8, 4) is 0 Å². The minimum absolute atomic E-state index is 0.573. The standard InChI is InChI=1S/C7H12N2OS/c1-2-10-5-7-9-4-6(3-8)11-7/h4H,2-3,5,8H2,1H3. The van der Waals surface area contributed by atoms with Gasteiger partial charge >= 0.3 is 0 Å². The zero-order valence-electron chi connectivity index (χ0n) is 6.54. The van der Waals surface area contributed by atoms with E-state index in [4.69, 9.17) is 10.5 Å². The van der Waals surface area contributed by atoms with Crippen LogP contribution in [-0.4, -0.2) is 11.6 Å². The summed E-state index contributed by atoms with van der Waals surface area (Å²) in [7, 11) is 0. The van der Waals surface area contributed by atoms with Crippen LogP contribution < -0.4 is 5.73 Å². The summed E-state index contributed by atoms with van der Waals surface area (Å²) in [5.74, 6) is 0. The van der Waals surface area contributed by atoms with Crippen molar-refractivity contribution in [2.45, 2.75) is 20.1 Å². The Kier molecular flexibility index (Phi) is 3.48. The summed E-state index contributed by atoms with van der Waals surface area (Å²) < 4.78 is 5.18. The maximum Gasteiger partial charge on any atom is 0.119 e. The quantitative estimate of drug-likeness (QED) is 0.740. The molecule has 0 bridgehead atoms. The summed E-state index contributed by atoms with van der Waals surface area (Å²) in [6, 6.07) is 0. The van der Waals surface area contributed by atoms with Crippen molar-refractivity contribution in [3.05, 3.63) is 16.1 Å². The second-order valence-electron chi connectivity index (χ2n) is 2.06. The van der Waals surface area contributed by atoms with E-state index in [9.17, 15) is 0 Å². The number of hydrogen-bond donors (Lipinski definition) is 1. The first-order chi connectivity index (χ1) is 5.36. The average Bonchev–Trinajstić information content (AvgIpc) is 2.48. The largest absolute Gasteiger partial charge is 0.375 e. The van der Waals surface area contributed by atoms with Crippen molar-refractivity contribution in [2.24, 2.45) is 5.73 Å². The summed E-state index contributed by atoms with van der Waals surface area (Å²) in [4.78, 5) is 5.25. The van der Waals surface area contributed by atoms with Crippen molar-refractivity contribution in [1.82, 2.24) is 4.98 Å². The van der Waals surface area contributed by atoms with E-state index >= 15 is 0 Å². The second kappa shape index (κ2) is 4.43. The number of thiazole rings is 1. The van der Waals surface area contributed by atoms with Gasteiger partial charge in [0.25, 0.3) is 0 Å². The highest BCUT2D eigenvalue weighted by molar-refractivity contribution is 7.11. The first-order valence-corrected chi connectivity index (χ1v) is 4.40. The lowest BCUT2D eigenvalue weighted by atomic mass is 10.6. The van der Waals surface area contributed by atoms with Crippen molar-refractivity contribution in [1.29, 1.82) is 0 Å². The van der Waals surface area contributed by atoms with Gasteiger partial charge in [0.1, 0.15) is 5.01 Å². The summed E-state index contributed by atoms with van der Waals surface area (Å²) in [6.45, 7) is 3.89. The van der Waals surface area contributed by atoms with Crippen LogP contribution in [0.3, 0.4) is 0 Å². The summed E-state index contributed by atoms with van der Waals surface area (Å²) >= 11 is 1.61. The Morgan fingerprint density at radius 2 is 2.55 bits per heavy atom. The van der Waals surface area contributed by atoms with Crippen LogP contribution in [0.25, 0.3) is 0 Å². The van der Waals surface area contributed by atoms with Crippen LogP contribution in [0, 0.1) is 0 Å². The Hall–Kier alpha value is -0.450. The Labute approximate surface area is 70.2 Å². The third-order valence-electron chi connectivity index (χ3n) is 1.23.